The molecule has 0 radical (unpaired) electrons. The summed E-state index contributed by atoms with van der Waals surface area (Å²) in [5, 5.41) is 9.52. The molecule has 3 heterocycles. The Morgan fingerprint density at radius 1 is 1.19 bits per heavy atom. The fraction of sp³-hybridized carbons (Fsp3) is 0.500. The summed E-state index contributed by atoms with van der Waals surface area (Å²) in [7, 11) is 0. The maximum atomic E-state index is 13.5. The minimum atomic E-state index is -0.342. The lowest BCUT2D eigenvalue weighted by molar-refractivity contribution is 0.374. The fourth-order valence-electron chi connectivity index (χ4n) is 4.70. The van der Waals surface area contributed by atoms with Gasteiger partial charge in [-0.1, -0.05) is 6.07 Å². The van der Waals surface area contributed by atoms with Crippen LogP contribution in [-0.2, 0) is 0 Å². The second-order valence-corrected chi connectivity index (χ2v) is 9.58. The topological polar surface area (TPSA) is 68.1 Å². The lowest BCUT2D eigenvalue weighted by Crippen LogP contribution is -2.48. The van der Waals surface area contributed by atoms with E-state index in [4.69, 9.17) is 4.74 Å². The monoisotopic (exact) mass is 442 g/mol. The predicted molar refractivity (Wildman–Crippen MR) is 120 cm³/mol. The molecule has 1 saturated heterocycles. The third-order valence-corrected chi connectivity index (χ3v) is 7.09. The van der Waals surface area contributed by atoms with E-state index >= 15 is 0 Å². The van der Waals surface area contributed by atoms with Crippen LogP contribution in [0.25, 0.3) is 0 Å². The standard InChI is InChI=1S/C22H27FN6OS/c1-13(2)29-22(30-18-6-4-5-17(23)10-18)25-21(26-29)24-20-15-7-8-16(20)12-28(11-15)19-9-14(3)27-31-19/h4-6,9-10,13,15-16,20H,7-8,11-12H2,1-3H3,(H,24,26)/t15-,16+,20?. The number of aryl methyl sites for hydroxylation is 1. The van der Waals surface area contributed by atoms with E-state index in [1.165, 1.54) is 30.0 Å². The number of nitrogens with zero attached hydrogens (tertiary/aromatic N) is 5. The third kappa shape index (κ3) is 4.11. The Morgan fingerprint density at radius 3 is 2.61 bits per heavy atom. The van der Waals surface area contributed by atoms with Gasteiger partial charge in [-0.25, -0.2) is 9.07 Å². The molecule has 2 aromatic heterocycles. The van der Waals surface area contributed by atoms with Crippen molar-refractivity contribution >= 4 is 22.5 Å². The van der Waals surface area contributed by atoms with Crippen molar-refractivity contribution in [1.29, 1.82) is 0 Å². The van der Waals surface area contributed by atoms with Crippen molar-refractivity contribution < 1.29 is 9.13 Å². The number of fused-ring (bicyclic) bond motifs is 2. The van der Waals surface area contributed by atoms with E-state index in [0.29, 0.717) is 35.6 Å². The third-order valence-electron chi connectivity index (χ3n) is 6.15. The number of anilines is 2. The zero-order valence-corrected chi connectivity index (χ0v) is 18.8. The average molecular weight is 443 g/mol. The summed E-state index contributed by atoms with van der Waals surface area (Å²) < 4.78 is 25.6. The summed E-state index contributed by atoms with van der Waals surface area (Å²) in [4.78, 5) is 7.08. The number of aromatic nitrogens is 4. The summed E-state index contributed by atoms with van der Waals surface area (Å²) in [5.41, 5.74) is 1.09. The number of hydrogen-bond donors (Lipinski definition) is 1. The van der Waals surface area contributed by atoms with Crippen LogP contribution in [0.3, 0.4) is 0 Å². The molecule has 1 unspecified atom stereocenters. The number of rotatable bonds is 6. The van der Waals surface area contributed by atoms with E-state index in [-0.39, 0.29) is 11.9 Å². The number of piperidine rings is 1. The largest absolute Gasteiger partial charge is 0.424 e. The predicted octanol–water partition coefficient (Wildman–Crippen LogP) is 4.88. The summed E-state index contributed by atoms with van der Waals surface area (Å²) in [6, 6.07) is 9.04. The Labute approximate surface area is 185 Å². The van der Waals surface area contributed by atoms with Gasteiger partial charge in [-0.3, -0.25) is 0 Å². The van der Waals surface area contributed by atoms with Crippen molar-refractivity contribution in [2.24, 2.45) is 11.8 Å². The average Bonchev–Trinajstić information content (AvgIpc) is 3.39. The molecule has 3 aromatic rings. The van der Waals surface area contributed by atoms with Crippen LogP contribution < -0.4 is 15.0 Å². The van der Waals surface area contributed by atoms with Crippen molar-refractivity contribution in [2.45, 2.75) is 45.7 Å². The number of nitrogens with one attached hydrogen (secondary N) is 1. The van der Waals surface area contributed by atoms with Gasteiger partial charge in [0, 0.05) is 25.2 Å². The summed E-state index contributed by atoms with van der Waals surface area (Å²) >= 11 is 1.59. The zero-order valence-electron chi connectivity index (χ0n) is 18.0. The first-order valence-corrected chi connectivity index (χ1v) is 11.6. The minimum Gasteiger partial charge on any atom is -0.424 e. The van der Waals surface area contributed by atoms with Crippen LogP contribution in [0.1, 0.15) is 38.4 Å². The SMILES string of the molecule is Cc1cc(N2C[C@H]3CC[C@@H](C2)C3Nc2nc(Oc3cccc(F)c3)n(C(C)C)n2)sn1. The molecule has 2 fully saturated rings. The van der Waals surface area contributed by atoms with Crippen molar-refractivity contribution in [3.63, 3.8) is 0 Å². The van der Waals surface area contributed by atoms with Gasteiger partial charge < -0.3 is 15.0 Å². The van der Waals surface area contributed by atoms with Crippen LogP contribution in [0.5, 0.6) is 11.8 Å². The van der Waals surface area contributed by atoms with Crippen molar-refractivity contribution in [1.82, 2.24) is 19.1 Å². The van der Waals surface area contributed by atoms with Crippen molar-refractivity contribution in [3.8, 4) is 11.8 Å². The van der Waals surface area contributed by atoms with E-state index in [2.05, 4.69) is 30.7 Å². The van der Waals surface area contributed by atoms with Crippen LogP contribution in [0.2, 0.25) is 0 Å². The highest BCUT2D eigenvalue weighted by Crippen LogP contribution is 2.41. The van der Waals surface area contributed by atoms with E-state index in [1.54, 1.807) is 28.3 Å². The van der Waals surface area contributed by atoms with Gasteiger partial charge >= 0.3 is 6.01 Å². The van der Waals surface area contributed by atoms with E-state index in [0.717, 1.165) is 18.8 Å². The summed E-state index contributed by atoms with van der Waals surface area (Å²) in [6.45, 7) is 8.13. The molecular weight excluding hydrogens is 415 g/mol. The molecule has 1 saturated carbocycles. The Kier molecular flexibility index (Phi) is 5.29. The molecule has 1 aromatic carbocycles. The van der Waals surface area contributed by atoms with Crippen LogP contribution in [0, 0.1) is 24.6 Å². The molecule has 1 aliphatic carbocycles. The van der Waals surface area contributed by atoms with Gasteiger partial charge in [0.05, 0.1) is 11.7 Å². The number of halogens is 1. The number of benzene rings is 1. The molecule has 0 spiro atoms. The second kappa shape index (κ2) is 8.11. The van der Waals surface area contributed by atoms with Crippen molar-refractivity contribution in [2.75, 3.05) is 23.3 Å². The molecule has 7 nitrogen and oxygen atoms in total. The Balaban J connectivity index is 1.32. The smallest absolute Gasteiger partial charge is 0.322 e. The van der Waals surface area contributed by atoms with Gasteiger partial charge in [0.1, 0.15) is 16.6 Å². The summed E-state index contributed by atoms with van der Waals surface area (Å²) in [5.74, 6) is 1.73. The zero-order chi connectivity index (χ0) is 21.5. The van der Waals surface area contributed by atoms with Gasteiger partial charge in [0.25, 0.3) is 0 Å². The second-order valence-electron chi connectivity index (χ2n) is 8.79. The molecular formula is C22H27FN6OS. The van der Waals surface area contributed by atoms with Gasteiger partial charge in [0.2, 0.25) is 5.95 Å². The fourth-order valence-corrected chi connectivity index (χ4v) is 5.48. The lowest BCUT2D eigenvalue weighted by atomic mass is 9.92. The number of ether oxygens (including phenoxy) is 1. The van der Waals surface area contributed by atoms with Gasteiger partial charge in [-0.15, -0.1) is 5.10 Å². The number of hydrogen-bond acceptors (Lipinski definition) is 7. The van der Waals surface area contributed by atoms with Crippen LogP contribution in [-0.4, -0.2) is 38.3 Å². The maximum Gasteiger partial charge on any atom is 0.322 e. The molecule has 2 aliphatic rings. The molecule has 9 heteroatoms. The summed E-state index contributed by atoms with van der Waals surface area (Å²) in [6.07, 6.45) is 2.41. The molecule has 2 bridgehead atoms. The van der Waals surface area contributed by atoms with E-state index < -0.39 is 0 Å². The molecule has 31 heavy (non-hydrogen) atoms. The van der Waals surface area contributed by atoms with Crippen LogP contribution >= 0.6 is 11.5 Å². The highest BCUT2D eigenvalue weighted by Gasteiger charge is 2.43. The van der Waals surface area contributed by atoms with Gasteiger partial charge in [0.15, 0.2) is 0 Å². The Hall–Kier alpha value is -2.68. The molecule has 5 rings (SSSR count). The lowest BCUT2D eigenvalue weighted by Gasteiger charge is -2.38. The first-order chi connectivity index (χ1) is 15.0. The Morgan fingerprint density at radius 2 is 1.97 bits per heavy atom. The highest BCUT2D eigenvalue weighted by molar-refractivity contribution is 7.10. The van der Waals surface area contributed by atoms with Crippen molar-refractivity contribution in [3.05, 3.63) is 41.8 Å². The quantitative estimate of drug-likeness (QED) is 0.587. The maximum absolute atomic E-state index is 13.5. The van der Waals surface area contributed by atoms with E-state index in [9.17, 15) is 4.39 Å². The van der Waals surface area contributed by atoms with Crippen LogP contribution in [0.4, 0.5) is 15.3 Å². The normalized spacial score (nSPS) is 22.9. The molecule has 0 amide bonds. The molecule has 1 aliphatic heterocycles. The minimum absolute atomic E-state index is 0.0692. The molecule has 3 atom stereocenters. The first kappa shape index (κ1) is 20.2. The van der Waals surface area contributed by atoms with Gasteiger partial charge in [-0.05, 0) is 75.2 Å². The van der Waals surface area contributed by atoms with Gasteiger partial charge in [-0.2, -0.15) is 9.36 Å². The van der Waals surface area contributed by atoms with E-state index in [1.807, 2.05) is 20.8 Å². The molecule has 164 valence electrons. The Bertz CT molecular complexity index is 1050. The van der Waals surface area contributed by atoms with Crippen LogP contribution in [0.15, 0.2) is 30.3 Å². The first-order valence-electron chi connectivity index (χ1n) is 10.8. The molecule has 1 N–H and O–H groups in total. The highest BCUT2D eigenvalue weighted by atomic mass is 32.1.